The molecule has 0 aliphatic rings. The Bertz CT molecular complexity index is 490. The molecule has 0 fully saturated rings. The SMILES string of the molecule is COCCCC(NC(=O)c1ccc(Cl)c(C)c1)C(=O)O. The number of aryl methyl sites for hydroxylation is 1. The van der Waals surface area contributed by atoms with Gasteiger partial charge in [0.15, 0.2) is 0 Å². The minimum absolute atomic E-state index is 0.321. The van der Waals surface area contributed by atoms with Gasteiger partial charge in [-0.05, 0) is 43.5 Å². The van der Waals surface area contributed by atoms with Gasteiger partial charge in [0.1, 0.15) is 6.04 Å². The molecule has 6 heteroatoms. The number of halogens is 1. The van der Waals surface area contributed by atoms with Crippen molar-refractivity contribution < 1.29 is 19.4 Å². The van der Waals surface area contributed by atoms with E-state index >= 15 is 0 Å². The molecule has 1 amide bonds. The van der Waals surface area contributed by atoms with E-state index in [4.69, 9.17) is 21.4 Å². The average molecular weight is 300 g/mol. The number of carbonyl (C=O) groups is 2. The Kier molecular flexibility index (Phi) is 6.48. The van der Waals surface area contributed by atoms with E-state index in [0.29, 0.717) is 30.0 Å². The van der Waals surface area contributed by atoms with Gasteiger partial charge in [-0.3, -0.25) is 4.79 Å². The lowest BCUT2D eigenvalue weighted by molar-refractivity contribution is -0.139. The Balaban J connectivity index is 2.69. The largest absolute Gasteiger partial charge is 0.480 e. The molecular formula is C14H18ClNO4. The molecule has 0 radical (unpaired) electrons. The second kappa shape index (κ2) is 7.87. The fraction of sp³-hybridized carbons (Fsp3) is 0.429. The molecule has 0 saturated heterocycles. The second-order valence-corrected chi connectivity index (χ2v) is 4.87. The maximum Gasteiger partial charge on any atom is 0.326 e. The quantitative estimate of drug-likeness (QED) is 0.757. The summed E-state index contributed by atoms with van der Waals surface area (Å²) < 4.78 is 4.87. The molecule has 1 aromatic carbocycles. The number of nitrogens with one attached hydrogen (secondary N) is 1. The van der Waals surface area contributed by atoms with Crippen LogP contribution in [0.3, 0.4) is 0 Å². The normalized spacial score (nSPS) is 11.9. The van der Waals surface area contributed by atoms with Crippen molar-refractivity contribution in [2.75, 3.05) is 13.7 Å². The molecule has 20 heavy (non-hydrogen) atoms. The molecule has 0 saturated carbocycles. The van der Waals surface area contributed by atoms with Crippen LogP contribution in [-0.4, -0.2) is 36.7 Å². The zero-order valence-corrected chi connectivity index (χ0v) is 12.2. The van der Waals surface area contributed by atoms with Gasteiger partial charge in [-0.15, -0.1) is 0 Å². The molecule has 0 aliphatic heterocycles. The minimum Gasteiger partial charge on any atom is -0.480 e. The number of carboxylic acids is 1. The highest BCUT2D eigenvalue weighted by molar-refractivity contribution is 6.31. The van der Waals surface area contributed by atoms with Crippen molar-refractivity contribution in [3.05, 3.63) is 34.3 Å². The third kappa shape index (κ3) is 4.83. The van der Waals surface area contributed by atoms with Crippen LogP contribution in [0.15, 0.2) is 18.2 Å². The summed E-state index contributed by atoms with van der Waals surface area (Å²) >= 11 is 5.89. The molecule has 1 atom stereocenters. The number of carbonyl (C=O) groups excluding carboxylic acids is 1. The summed E-state index contributed by atoms with van der Waals surface area (Å²) in [5, 5.41) is 12.2. The maximum atomic E-state index is 12.0. The first-order valence-corrected chi connectivity index (χ1v) is 6.62. The lowest BCUT2D eigenvalue weighted by Gasteiger charge is -2.14. The van der Waals surface area contributed by atoms with Crippen LogP contribution in [0, 0.1) is 6.92 Å². The van der Waals surface area contributed by atoms with Crippen LogP contribution in [0.25, 0.3) is 0 Å². The van der Waals surface area contributed by atoms with E-state index in [1.54, 1.807) is 32.2 Å². The highest BCUT2D eigenvalue weighted by Crippen LogP contribution is 2.16. The number of benzene rings is 1. The summed E-state index contributed by atoms with van der Waals surface area (Å²) in [5.41, 5.74) is 1.16. The van der Waals surface area contributed by atoms with Gasteiger partial charge in [0.05, 0.1) is 0 Å². The standard InChI is InChI=1S/C14H18ClNO4/c1-9-8-10(5-6-11(9)15)13(17)16-12(14(18)19)4-3-7-20-2/h5-6,8,12H,3-4,7H2,1-2H3,(H,16,17)(H,18,19). The zero-order chi connectivity index (χ0) is 15.1. The van der Waals surface area contributed by atoms with E-state index in [-0.39, 0.29) is 0 Å². The van der Waals surface area contributed by atoms with Crippen LogP contribution in [0.1, 0.15) is 28.8 Å². The summed E-state index contributed by atoms with van der Waals surface area (Å²) in [4.78, 5) is 23.1. The van der Waals surface area contributed by atoms with E-state index in [1.807, 2.05) is 0 Å². The highest BCUT2D eigenvalue weighted by Gasteiger charge is 2.20. The van der Waals surface area contributed by atoms with Crippen molar-refractivity contribution >= 4 is 23.5 Å². The Morgan fingerprint density at radius 2 is 2.15 bits per heavy atom. The number of aliphatic carboxylic acids is 1. The lowest BCUT2D eigenvalue weighted by atomic mass is 10.1. The van der Waals surface area contributed by atoms with Crippen molar-refractivity contribution in [2.45, 2.75) is 25.8 Å². The van der Waals surface area contributed by atoms with Gasteiger partial charge < -0.3 is 15.2 Å². The zero-order valence-electron chi connectivity index (χ0n) is 11.5. The van der Waals surface area contributed by atoms with Crippen LogP contribution < -0.4 is 5.32 Å². The Hall–Kier alpha value is -1.59. The minimum atomic E-state index is -1.06. The van der Waals surface area contributed by atoms with E-state index in [9.17, 15) is 9.59 Å². The molecule has 0 aromatic heterocycles. The van der Waals surface area contributed by atoms with Crippen LogP contribution in [0.5, 0.6) is 0 Å². The molecule has 110 valence electrons. The average Bonchev–Trinajstić information content (AvgIpc) is 2.40. The van der Waals surface area contributed by atoms with Crippen LogP contribution in [-0.2, 0) is 9.53 Å². The number of ether oxygens (including phenoxy) is 1. The molecule has 1 rings (SSSR count). The van der Waals surface area contributed by atoms with Gasteiger partial charge in [-0.25, -0.2) is 4.79 Å². The predicted molar refractivity (Wildman–Crippen MR) is 76.2 cm³/mol. The van der Waals surface area contributed by atoms with Crippen LogP contribution in [0.2, 0.25) is 5.02 Å². The van der Waals surface area contributed by atoms with Crippen molar-refractivity contribution in [3.63, 3.8) is 0 Å². The van der Waals surface area contributed by atoms with Gasteiger partial charge in [-0.2, -0.15) is 0 Å². The molecule has 1 aromatic rings. The van der Waals surface area contributed by atoms with Crippen molar-refractivity contribution in [2.24, 2.45) is 0 Å². The molecule has 1 unspecified atom stereocenters. The fourth-order valence-electron chi connectivity index (χ4n) is 1.72. The number of rotatable bonds is 7. The van der Waals surface area contributed by atoms with Gasteiger partial charge in [0, 0.05) is 24.3 Å². The first-order chi connectivity index (χ1) is 9.45. The summed E-state index contributed by atoms with van der Waals surface area (Å²) in [6, 6.07) is 3.89. The van der Waals surface area contributed by atoms with Crippen LogP contribution in [0.4, 0.5) is 0 Å². The number of carboxylic acid groups (broad SMARTS) is 1. The van der Waals surface area contributed by atoms with E-state index in [2.05, 4.69) is 5.32 Å². The molecular weight excluding hydrogens is 282 g/mol. The number of hydrogen-bond donors (Lipinski definition) is 2. The number of amides is 1. The van der Waals surface area contributed by atoms with Crippen molar-refractivity contribution in [1.82, 2.24) is 5.32 Å². The summed E-state index contributed by atoms with van der Waals surface area (Å²) in [5.74, 6) is -1.48. The monoisotopic (exact) mass is 299 g/mol. The molecule has 0 spiro atoms. The Labute approximate surface area is 122 Å². The van der Waals surface area contributed by atoms with Gasteiger partial charge >= 0.3 is 5.97 Å². The first-order valence-electron chi connectivity index (χ1n) is 6.24. The second-order valence-electron chi connectivity index (χ2n) is 4.46. The third-order valence-corrected chi connectivity index (χ3v) is 3.29. The third-order valence-electron chi connectivity index (χ3n) is 2.86. The lowest BCUT2D eigenvalue weighted by Crippen LogP contribution is -2.40. The Morgan fingerprint density at radius 1 is 1.45 bits per heavy atom. The van der Waals surface area contributed by atoms with E-state index < -0.39 is 17.9 Å². The molecule has 2 N–H and O–H groups in total. The van der Waals surface area contributed by atoms with Crippen LogP contribution >= 0.6 is 11.6 Å². The summed E-state index contributed by atoms with van der Waals surface area (Å²) in [6.45, 7) is 2.24. The Morgan fingerprint density at radius 3 is 2.70 bits per heavy atom. The van der Waals surface area contributed by atoms with Gasteiger partial charge in [0.25, 0.3) is 5.91 Å². The van der Waals surface area contributed by atoms with E-state index in [1.165, 1.54) is 0 Å². The molecule has 0 aliphatic carbocycles. The van der Waals surface area contributed by atoms with E-state index in [0.717, 1.165) is 5.56 Å². The number of methoxy groups -OCH3 is 1. The smallest absolute Gasteiger partial charge is 0.326 e. The van der Waals surface area contributed by atoms with Gasteiger partial charge in [-0.1, -0.05) is 11.6 Å². The first kappa shape index (κ1) is 16.5. The predicted octanol–water partition coefficient (Wildman–Crippen LogP) is 2.26. The topological polar surface area (TPSA) is 75.6 Å². The van der Waals surface area contributed by atoms with Crippen molar-refractivity contribution in [3.8, 4) is 0 Å². The fourth-order valence-corrected chi connectivity index (χ4v) is 1.83. The molecule has 5 nitrogen and oxygen atoms in total. The highest BCUT2D eigenvalue weighted by atomic mass is 35.5. The maximum absolute atomic E-state index is 12.0. The molecule has 0 bridgehead atoms. The van der Waals surface area contributed by atoms with Gasteiger partial charge in [0.2, 0.25) is 0 Å². The summed E-state index contributed by atoms with van der Waals surface area (Å²) in [6.07, 6.45) is 0.884. The number of hydrogen-bond acceptors (Lipinski definition) is 3. The summed E-state index contributed by atoms with van der Waals surface area (Å²) in [7, 11) is 1.55. The molecule has 0 heterocycles. The van der Waals surface area contributed by atoms with Crippen molar-refractivity contribution in [1.29, 1.82) is 0 Å².